The summed E-state index contributed by atoms with van der Waals surface area (Å²) in [6, 6.07) is 9.91. The molecule has 8 nitrogen and oxygen atoms in total. The number of allylic oxidation sites excluding steroid dienone is 1. The Balaban J connectivity index is 1.40. The summed E-state index contributed by atoms with van der Waals surface area (Å²) in [7, 11) is 0. The zero-order valence-electron chi connectivity index (χ0n) is 19.7. The Bertz CT molecular complexity index is 1290. The molecule has 3 heterocycles. The van der Waals surface area contributed by atoms with Gasteiger partial charge in [-0.05, 0) is 37.0 Å². The van der Waals surface area contributed by atoms with Gasteiger partial charge < -0.3 is 15.2 Å². The summed E-state index contributed by atoms with van der Waals surface area (Å²) < 4.78 is 0. The van der Waals surface area contributed by atoms with Crippen LogP contribution < -0.4 is 5.32 Å². The predicted molar refractivity (Wildman–Crippen MR) is 131 cm³/mol. The molecule has 8 heteroatoms. The largest absolute Gasteiger partial charge is 0.344 e. The van der Waals surface area contributed by atoms with Gasteiger partial charge in [0.25, 0.3) is 5.91 Å². The molecule has 1 saturated heterocycles. The Kier molecular flexibility index (Phi) is 6.46. The summed E-state index contributed by atoms with van der Waals surface area (Å²) in [6.45, 7) is 7.12. The number of amides is 1. The maximum Gasteiger partial charge on any atom is 0.264 e. The highest BCUT2D eigenvalue weighted by atomic mass is 16.2. The van der Waals surface area contributed by atoms with Gasteiger partial charge in [-0.25, -0.2) is 9.97 Å². The lowest BCUT2D eigenvalue weighted by atomic mass is 9.87. The van der Waals surface area contributed by atoms with Crippen molar-refractivity contribution >= 4 is 34.4 Å². The Labute approximate surface area is 198 Å². The Hall–Kier alpha value is -3.99. The summed E-state index contributed by atoms with van der Waals surface area (Å²) in [5.74, 6) is 0.393. The van der Waals surface area contributed by atoms with Crippen LogP contribution in [-0.2, 0) is 11.2 Å². The van der Waals surface area contributed by atoms with Gasteiger partial charge in [-0.15, -0.1) is 0 Å². The number of aromatic nitrogens is 3. The molecule has 174 valence electrons. The molecule has 1 fully saturated rings. The first-order valence-corrected chi connectivity index (χ1v) is 11.4. The van der Waals surface area contributed by atoms with Crippen molar-refractivity contribution in [1.82, 2.24) is 19.9 Å². The molecular weight excluding hydrogens is 428 g/mol. The van der Waals surface area contributed by atoms with E-state index in [4.69, 9.17) is 0 Å². The Morgan fingerprint density at radius 3 is 2.59 bits per heavy atom. The molecular formula is C26H28N6O2. The van der Waals surface area contributed by atoms with Gasteiger partial charge in [-0.3, -0.25) is 9.59 Å². The molecule has 0 spiro atoms. The summed E-state index contributed by atoms with van der Waals surface area (Å²) in [4.78, 5) is 38.6. The highest BCUT2D eigenvalue weighted by Gasteiger charge is 2.26. The summed E-state index contributed by atoms with van der Waals surface area (Å²) in [5.41, 5.74) is 3.31. The van der Waals surface area contributed by atoms with Crippen molar-refractivity contribution in [1.29, 1.82) is 5.26 Å². The number of likely N-dealkylation sites (tertiary alicyclic amines) is 1. The average Bonchev–Trinajstić information content (AvgIpc) is 3.18. The minimum Gasteiger partial charge on any atom is -0.344 e. The molecule has 0 aliphatic carbocycles. The average molecular weight is 457 g/mol. The zero-order valence-corrected chi connectivity index (χ0v) is 19.7. The molecule has 2 N–H and O–H groups in total. The van der Waals surface area contributed by atoms with Crippen LogP contribution in [0.1, 0.15) is 49.5 Å². The number of ketones is 1. The van der Waals surface area contributed by atoms with Crippen molar-refractivity contribution in [3.8, 4) is 6.07 Å². The lowest BCUT2D eigenvalue weighted by molar-refractivity contribution is -0.129. The number of Topliss-reactive ketones (excluding diaryl/α,β-unsaturated/α-hetero) is 1. The van der Waals surface area contributed by atoms with Crippen LogP contribution in [0.5, 0.6) is 0 Å². The van der Waals surface area contributed by atoms with Gasteiger partial charge in [0, 0.05) is 30.4 Å². The molecule has 0 saturated carbocycles. The number of anilines is 2. The number of H-pyrrole nitrogens is 1. The third-order valence-corrected chi connectivity index (χ3v) is 5.81. The third-order valence-electron chi connectivity index (χ3n) is 5.81. The first kappa shape index (κ1) is 23.2. The van der Waals surface area contributed by atoms with Gasteiger partial charge in [0.15, 0.2) is 11.4 Å². The molecule has 2 aromatic heterocycles. The molecule has 1 aliphatic heterocycles. The topological polar surface area (TPSA) is 115 Å². The fourth-order valence-corrected chi connectivity index (χ4v) is 3.68. The number of aromatic amines is 1. The molecule has 0 bridgehead atoms. The number of nitrogens with zero attached hydrogens (tertiary/aromatic N) is 4. The number of aryl methyl sites for hydroxylation is 1. The van der Waals surface area contributed by atoms with Gasteiger partial charge in [0.05, 0.1) is 11.8 Å². The van der Waals surface area contributed by atoms with E-state index in [1.54, 1.807) is 23.4 Å². The number of rotatable bonds is 7. The number of nitriles is 1. The fraction of sp³-hybridized carbons (Fsp3) is 0.346. The molecule has 4 rings (SSSR count). The first-order chi connectivity index (χ1) is 16.3. The van der Waals surface area contributed by atoms with Crippen LogP contribution in [0, 0.1) is 16.7 Å². The molecule has 0 unspecified atom stereocenters. The van der Waals surface area contributed by atoms with E-state index >= 15 is 0 Å². The number of benzene rings is 1. The standard InChI is InChI=1S/C26H28N6O2/c1-26(2,3)23(33)20-15-28-24-22(20)31-21(16-29-24)30-19-10-8-17(9-11-19)6-4-7-18(14-27)25(34)32-12-5-13-32/h7-11,15-16H,4-6,12-13H2,1-3H3,(H,28,29)(H,30,31). The van der Waals surface area contributed by atoms with E-state index in [1.165, 1.54) is 0 Å². The fourth-order valence-electron chi connectivity index (χ4n) is 3.68. The van der Waals surface area contributed by atoms with Crippen LogP contribution in [0.25, 0.3) is 11.2 Å². The maximum absolute atomic E-state index is 12.7. The normalized spacial score (nSPS) is 13.9. The van der Waals surface area contributed by atoms with Gasteiger partial charge in [-0.1, -0.05) is 39.0 Å². The first-order valence-electron chi connectivity index (χ1n) is 11.4. The van der Waals surface area contributed by atoms with Gasteiger partial charge in [-0.2, -0.15) is 5.26 Å². The second kappa shape index (κ2) is 9.48. The van der Waals surface area contributed by atoms with Crippen molar-refractivity contribution in [2.75, 3.05) is 18.4 Å². The van der Waals surface area contributed by atoms with Crippen LogP contribution in [0.3, 0.4) is 0 Å². The zero-order chi connectivity index (χ0) is 24.3. The van der Waals surface area contributed by atoms with E-state index in [-0.39, 0.29) is 17.3 Å². The number of carbonyl (C=O) groups excluding carboxylic acids is 2. The SMILES string of the molecule is CC(C)(C)C(=O)c1c[nH]c2ncc(Nc3ccc(CCC=C(C#N)C(=O)N4CCC4)cc3)nc12. The summed E-state index contributed by atoms with van der Waals surface area (Å²) >= 11 is 0. The van der Waals surface area contributed by atoms with E-state index in [9.17, 15) is 14.9 Å². The van der Waals surface area contributed by atoms with Gasteiger partial charge >= 0.3 is 0 Å². The van der Waals surface area contributed by atoms with Gasteiger partial charge in [0.1, 0.15) is 23.0 Å². The minimum atomic E-state index is -0.512. The number of fused-ring (bicyclic) bond motifs is 1. The highest BCUT2D eigenvalue weighted by molar-refractivity contribution is 6.08. The molecule has 1 aromatic carbocycles. The number of nitrogens with one attached hydrogen (secondary N) is 2. The smallest absolute Gasteiger partial charge is 0.264 e. The molecule has 1 aliphatic rings. The van der Waals surface area contributed by atoms with Crippen molar-refractivity contribution in [2.24, 2.45) is 5.41 Å². The summed E-state index contributed by atoms with van der Waals surface area (Å²) in [6.07, 6.45) is 7.37. The number of hydrogen-bond acceptors (Lipinski definition) is 6. The molecule has 0 atom stereocenters. The predicted octanol–water partition coefficient (Wildman–Crippen LogP) is 4.55. The van der Waals surface area contributed by atoms with E-state index in [0.29, 0.717) is 29.0 Å². The quantitative estimate of drug-likeness (QED) is 0.306. The Morgan fingerprint density at radius 1 is 1.24 bits per heavy atom. The monoisotopic (exact) mass is 456 g/mol. The lowest BCUT2D eigenvalue weighted by Gasteiger charge is -2.30. The van der Waals surface area contributed by atoms with E-state index in [2.05, 4.69) is 20.3 Å². The maximum atomic E-state index is 12.7. The van der Waals surface area contributed by atoms with Crippen LogP contribution >= 0.6 is 0 Å². The molecule has 1 amide bonds. The number of hydrogen-bond donors (Lipinski definition) is 2. The van der Waals surface area contributed by atoms with Crippen LogP contribution in [0.4, 0.5) is 11.5 Å². The van der Waals surface area contributed by atoms with Crippen LogP contribution in [0.2, 0.25) is 0 Å². The van der Waals surface area contributed by atoms with Crippen LogP contribution in [-0.4, -0.2) is 44.6 Å². The minimum absolute atomic E-state index is 0.00901. The lowest BCUT2D eigenvalue weighted by Crippen LogP contribution is -2.42. The van der Waals surface area contributed by atoms with E-state index in [0.717, 1.165) is 37.2 Å². The number of carbonyl (C=O) groups is 2. The summed E-state index contributed by atoms with van der Waals surface area (Å²) in [5, 5.41) is 12.5. The van der Waals surface area contributed by atoms with E-state index in [1.807, 2.05) is 51.1 Å². The van der Waals surface area contributed by atoms with Crippen molar-refractivity contribution in [3.63, 3.8) is 0 Å². The van der Waals surface area contributed by atoms with Gasteiger partial charge in [0.2, 0.25) is 0 Å². The second-order valence-electron chi connectivity index (χ2n) is 9.47. The van der Waals surface area contributed by atoms with Crippen LogP contribution in [0.15, 0.2) is 48.3 Å². The van der Waals surface area contributed by atoms with Crippen molar-refractivity contribution < 1.29 is 9.59 Å². The van der Waals surface area contributed by atoms with Crippen molar-refractivity contribution in [3.05, 3.63) is 59.4 Å². The highest BCUT2D eigenvalue weighted by Crippen LogP contribution is 2.26. The Morgan fingerprint density at radius 2 is 1.97 bits per heavy atom. The molecule has 3 aromatic rings. The molecule has 0 radical (unpaired) electrons. The van der Waals surface area contributed by atoms with E-state index < -0.39 is 5.41 Å². The third kappa shape index (κ3) is 4.99. The van der Waals surface area contributed by atoms with Crippen molar-refractivity contribution in [2.45, 2.75) is 40.0 Å². The second-order valence-corrected chi connectivity index (χ2v) is 9.47. The molecule has 34 heavy (non-hydrogen) atoms.